The molecule has 2 aliphatic rings. The number of aldehydes is 1. The first kappa shape index (κ1) is 10.4. The zero-order valence-electron chi connectivity index (χ0n) is 8.40. The van der Waals surface area contributed by atoms with Gasteiger partial charge in [-0.05, 0) is 0 Å². The second-order valence-corrected chi connectivity index (χ2v) is 6.73. The van der Waals surface area contributed by atoms with E-state index in [4.69, 9.17) is 0 Å². The first-order valence-electron chi connectivity index (χ1n) is 5.15. The van der Waals surface area contributed by atoms with Gasteiger partial charge in [-0.3, -0.25) is 0 Å². The Balaban J connectivity index is 1.91. The van der Waals surface area contributed by atoms with Crippen molar-refractivity contribution in [1.82, 2.24) is 0 Å². The molecule has 2 rings (SSSR count). The van der Waals surface area contributed by atoms with Gasteiger partial charge in [0.1, 0.15) is 0 Å². The van der Waals surface area contributed by atoms with Crippen LogP contribution in [0.3, 0.4) is 0 Å². The quantitative estimate of drug-likeness (QED) is 0.283. The minimum absolute atomic E-state index is 0.0666. The molecule has 0 aliphatic heterocycles. The van der Waals surface area contributed by atoms with Crippen LogP contribution in [-0.4, -0.2) is 15.1 Å². The van der Waals surface area contributed by atoms with Crippen LogP contribution in [0.1, 0.15) is 12.8 Å². The minimum atomic E-state index is 0.0666. The number of carbonyl (C=O) groups excluding carboxylic acids is 1. The Kier molecular flexibility index (Phi) is 3.42. The second kappa shape index (κ2) is 4.60. The molecule has 0 aromatic rings. The summed E-state index contributed by atoms with van der Waals surface area (Å²) in [4.78, 5) is 13.1. The van der Waals surface area contributed by atoms with Gasteiger partial charge in [0.2, 0.25) is 0 Å². The van der Waals surface area contributed by atoms with E-state index in [2.05, 4.69) is 29.2 Å². The summed E-state index contributed by atoms with van der Waals surface area (Å²) < 4.78 is 0.359. The summed E-state index contributed by atoms with van der Waals surface area (Å²) in [6.45, 7) is 0. The van der Waals surface area contributed by atoms with Gasteiger partial charge in [-0.25, -0.2) is 0 Å². The molecule has 0 radical (unpaired) electrons. The molecular formula is C12H16IO-. The third-order valence-electron chi connectivity index (χ3n) is 3.14. The van der Waals surface area contributed by atoms with Crippen molar-refractivity contribution in [2.24, 2.45) is 17.8 Å². The fourth-order valence-corrected chi connectivity index (χ4v) is 3.93. The molecule has 0 amide bonds. The van der Waals surface area contributed by atoms with Gasteiger partial charge in [0.15, 0.2) is 0 Å². The summed E-state index contributed by atoms with van der Waals surface area (Å²) in [5.74, 6) is 2.05. The number of carbonyl (C=O) groups is 1. The van der Waals surface area contributed by atoms with Crippen molar-refractivity contribution in [3.8, 4) is 0 Å². The van der Waals surface area contributed by atoms with Crippen LogP contribution in [0.5, 0.6) is 0 Å². The zero-order chi connectivity index (χ0) is 9.97. The number of halogens is 1. The van der Waals surface area contributed by atoms with Gasteiger partial charge in [0, 0.05) is 0 Å². The zero-order valence-corrected chi connectivity index (χ0v) is 10.6. The summed E-state index contributed by atoms with van der Waals surface area (Å²) in [7, 11) is 0. The van der Waals surface area contributed by atoms with Crippen molar-refractivity contribution in [1.29, 1.82) is 0 Å². The van der Waals surface area contributed by atoms with Crippen molar-refractivity contribution < 1.29 is 26.0 Å². The fourth-order valence-electron chi connectivity index (χ4n) is 2.11. The predicted octanol–water partition coefficient (Wildman–Crippen LogP) is -0.959. The van der Waals surface area contributed by atoms with Crippen LogP contribution in [0.4, 0.5) is 0 Å². The summed E-state index contributed by atoms with van der Waals surface area (Å²) in [5, 5.41) is 0. The van der Waals surface area contributed by atoms with E-state index >= 15 is 0 Å². The number of allylic oxidation sites excluding steroid dienone is 4. The monoisotopic (exact) mass is 303 g/mol. The average molecular weight is 303 g/mol. The average Bonchev–Trinajstić information content (AvgIpc) is 3.04. The first-order valence-corrected chi connectivity index (χ1v) is 8.55. The molecule has 78 valence electrons. The SMILES string of the molecule is C[I-]C(C=O)C1C=CC(C2C=C2)CC1. The molecule has 0 N–H and O–H groups in total. The van der Waals surface area contributed by atoms with Crippen LogP contribution in [0.2, 0.25) is 0 Å². The van der Waals surface area contributed by atoms with Gasteiger partial charge in [0.05, 0.1) is 0 Å². The van der Waals surface area contributed by atoms with E-state index in [9.17, 15) is 4.79 Å². The van der Waals surface area contributed by atoms with E-state index in [1.54, 1.807) is 0 Å². The molecular weight excluding hydrogens is 287 g/mol. The molecule has 14 heavy (non-hydrogen) atoms. The van der Waals surface area contributed by atoms with Crippen molar-refractivity contribution in [3.05, 3.63) is 24.3 Å². The normalized spacial score (nSPS) is 33.2. The number of alkyl halides is 2. The first-order chi connectivity index (χ1) is 6.85. The summed E-state index contributed by atoms with van der Waals surface area (Å²) in [6, 6.07) is 0. The fraction of sp³-hybridized carbons (Fsp3) is 0.583. The van der Waals surface area contributed by atoms with E-state index in [0.29, 0.717) is 9.84 Å². The van der Waals surface area contributed by atoms with Crippen LogP contribution >= 0.6 is 0 Å². The molecule has 2 heteroatoms. The number of rotatable bonds is 4. The molecule has 0 heterocycles. The summed E-state index contributed by atoms with van der Waals surface area (Å²) in [6.07, 6.45) is 12.9. The molecule has 3 atom stereocenters. The third kappa shape index (κ3) is 2.27. The van der Waals surface area contributed by atoms with E-state index in [1.807, 2.05) is 0 Å². The van der Waals surface area contributed by atoms with Crippen LogP contribution in [0.25, 0.3) is 0 Å². The Hall–Kier alpha value is -0.120. The molecule has 0 aromatic carbocycles. The van der Waals surface area contributed by atoms with Crippen molar-refractivity contribution in [3.63, 3.8) is 0 Å². The van der Waals surface area contributed by atoms with Gasteiger partial charge < -0.3 is 0 Å². The maximum atomic E-state index is 10.8. The number of hydrogen-bond donors (Lipinski definition) is 0. The summed E-state index contributed by atoms with van der Waals surface area (Å²) in [5.41, 5.74) is 0. The van der Waals surface area contributed by atoms with Crippen LogP contribution < -0.4 is 21.2 Å². The second-order valence-electron chi connectivity index (χ2n) is 4.05. The van der Waals surface area contributed by atoms with Gasteiger partial charge in [0.25, 0.3) is 0 Å². The molecule has 0 aromatic heterocycles. The van der Waals surface area contributed by atoms with Gasteiger partial charge >= 0.3 is 96.0 Å². The Morgan fingerprint density at radius 1 is 1.29 bits per heavy atom. The van der Waals surface area contributed by atoms with Crippen LogP contribution in [0, 0.1) is 17.8 Å². The van der Waals surface area contributed by atoms with E-state index in [1.165, 1.54) is 19.1 Å². The third-order valence-corrected chi connectivity index (χ3v) is 5.79. The maximum absolute atomic E-state index is 10.8. The van der Waals surface area contributed by atoms with E-state index < -0.39 is 0 Å². The molecule has 0 bridgehead atoms. The van der Waals surface area contributed by atoms with Crippen molar-refractivity contribution in [2.75, 3.05) is 4.93 Å². The molecule has 0 saturated heterocycles. The molecule has 3 unspecified atom stereocenters. The predicted molar refractivity (Wildman–Crippen MR) is 53.8 cm³/mol. The molecule has 1 nitrogen and oxygen atoms in total. The topological polar surface area (TPSA) is 17.1 Å². The van der Waals surface area contributed by atoms with Gasteiger partial charge in [-0.1, -0.05) is 0 Å². The Bertz CT molecular complexity index is 263. The number of hydrogen-bond acceptors (Lipinski definition) is 1. The molecule has 0 fully saturated rings. The Morgan fingerprint density at radius 3 is 2.50 bits per heavy atom. The summed E-state index contributed by atoms with van der Waals surface area (Å²) >= 11 is 0.0666. The molecule has 0 saturated carbocycles. The van der Waals surface area contributed by atoms with Crippen LogP contribution in [0.15, 0.2) is 24.3 Å². The van der Waals surface area contributed by atoms with Crippen molar-refractivity contribution >= 4 is 6.29 Å². The van der Waals surface area contributed by atoms with Crippen LogP contribution in [-0.2, 0) is 4.79 Å². The molecule has 2 aliphatic carbocycles. The van der Waals surface area contributed by atoms with E-state index in [0.717, 1.165) is 11.8 Å². The Labute approximate surface area is 95.9 Å². The van der Waals surface area contributed by atoms with Gasteiger partial charge in [-0.2, -0.15) is 0 Å². The standard InChI is InChI=1S/C12H16IO/c1-13-12(8-14)11-6-4-10(5-7-11)9-2-3-9/h2-4,6,8-12H,5,7H2,1H3/q-1. The Morgan fingerprint density at radius 2 is 2.07 bits per heavy atom. The van der Waals surface area contributed by atoms with Gasteiger partial charge in [-0.15, -0.1) is 0 Å². The molecule has 0 spiro atoms. The van der Waals surface area contributed by atoms with E-state index in [-0.39, 0.29) is 21.2 Å². The van der Waals surface area contributed by atoms with Crippen molar-refractivity contribution in [2.45, 2.75) is 16.8 Å².